The Bertz CT molecular complexity index is 649. The molecule has 0 bridgehead atoms. The molecule has 0 fully saturated rings. The first-order valence-corrected chi connectivity index (χ1v) is 6.59. The van der Waals surface area contributed by atoms with Gasteiger partial charge in [0.1, 0.15) is 0 Å². The zero-order chi connectivity index (χ0) is 12.9. The molecule has 0 aliphatic carbocycles. The minimum Gasteiger partial charge on any atom is -0.361 e. The van der Waals surface area contributed by atoms with Gasteiger partial charge in [0.25, 0.3) is 0 Å². The summed E-state index contributed by atoms with van der Waals surface area (Å²) < 4.78 is 0. The Balaban J connectivity index is 0.00000147. The summed E-state index contributed by atoms with van der Waals surface area (Å²) >= 11 is 0. The average Bonchev–Trinajstić information content (AvgIpc) is 2.88. The van der Waals surface area contributed by atoms with Crippen LogP contribution < -0.4 is 5.32 Å². The average molecular weight is 288 g/mol. The van der Waals surface area contributed by atoms with Crippen LogP contribution in [0.25, 0.3) is 10.9 Å². The molecule has 3 aromatic rings. The van der Waals surface area contributed by atoms with Gasteiger partial charge in [-0.1, -0.05) is 24.3 Å². The third-order valence-corrected chi connectivity index (χ3v) is 3.28. The number of pyridine rings is 1. The third kappa shape index (κ3) is 3.38. The number of benzene rings is 1. The standard InChI is InChI=1S/C16H17N3.ClH/c1-2-7-16-15(6-1)13(11-19-16)8-10-17-12-14-5-3-4-9-18-14;/h1-7,9,11,17,19H,8,10,12H2;1H. The Hall–Kier alpha value is -1.84. The molecule has 0 amide bonds. The zero-order valence-corrected chi connectivity index (χ0v) is 12.0. The van der Waals surface area contributed by atoms with Gasteiger partial charge in [-0.3, -0.25) is 4.98 Å². The van der Waals surface area contributed by atoms with Crippen LogP contribution in [0.4, 0.5) is 0 Å². The van der Waals surface area contributed by atoms with Crippen molar-refractivity contribution in [3.63, 3.8) is 0 Å². The van der Waals surface area contributed by atoms with Gasteiger partial charge in [0.05, 0.1) is 5.69 Å². The van der Waals surface area contributed by atoms with E-state index in [2.05, 4.69) is 45.7 Å². The maximum Gasteiger partial charge on any atom is 0.0541 e. The first kappa shape index (κ1) is 14.6. The van der Waals surface area contributed by atoms with Crippen LogP contribution in [0.3, 0.4) is 0 Å². The molecule has 0 saturated heterocycles. The molecular weight excluding hydrogens is 270 g/mol. The van der Waals surface area contributed by atoms with E-state index in [9.17, 15) is 0 Å². The van der Waals surface area contributed by atoms with Crippen molar-refractivity contribution in [3.05, 3.63) is 66.1 Å². The summed E-state index contributed by atoms with van der Waals surface area (Å²) in [5.41, 5.74) is 3.66. The van der Waals surface area contributed by atoms with Gasteiger partial charge < -0.3 is 10.3 Å². The van der Waals surface area contributed by atoms with Gasteiger partial charge in [0.15, 0.2) is 0 Å². The van der Waals surface area contributed by atoms with E-state index >= 15 is 0 Å². The molecule has 0 aliphatic rings. The van der Waals surface area contributed by atoms with Crippen LogP contribution in [0.2, 0.25) is 0 Å². The summed E-state index contributed by atoms with van der Waals surface area (Å²) in [5, 5.41) is 4.75. The number of aromatic nitrogens is 2. The van der Waals surface area contributed by atoms with E-state index in [-0.39, 0.29) is 12.4 Å². The number of H-pyrrole nitrogens is 1. The summed E-state index contributed by atoms with van der Waals surface area (Å²) in [6, 6.07) is 14.4. The van der Waals surface area contributed by atoms with Crippen molar-refractivity contribution in [2.45, 2.75) is 13.0 Å². The fourth-order valence-corrected chi connectivity index (χ4v) is 2.28. The Morgan fingerprint density at radius 2 is 1.90 bits per heavy atom. The maximum atomic E-state index is 4.29. The number of hydrogen-bond donors (Lipinski definition) is 2. The summed E-state index contributed by atoms with van der Waals surface area (Å²) in [6.45, 7) is 1.78. The molecule has 2 heterocycles. The number of hydrogen-bond acceptors (Lipinski definition) is 2. The molecule has 0 aliphatic heterocycles. The van der Waals surface area contributed by atoms with Crippen molar-refractivity contribution in [2.24, 2.45) is 0 Å². The molecule has 2 aromatic heterocycles. The van der Waals surface area contributed by atoms with Crippen molar-refractivity contribution in [1.29, 1.82) is 0 Å². The van der Waals surface area contributed by atoms with Gasteiger partial charge in [-0.2, -0.15) is 0 Å². The van der Waals surface area contributed by atoms with Crippen LogP contribution in [0.5, 0.6) is 0 Å². The zero-order valence-electron chi connectivity index (χ0n) is 11.2. The van der Waals surface area contributed by atoms with E-state index in [1.165, 1.54) is 16.5 Å². The molecular formula is C16H18ClN3. The molecule has 0 saturated carbocycles. The van der Waals surface area contributed by atoms with Crippen molar-refractivity contribution in [3.8, 4) is 0 Å². The molecule has 0 atom stereocenters. The monoisotopic (exact) mass is 287 g/mol. The molecule has 0 unspecified atom stereocenters. The van der Waals surface area contributed by atoms with E-state index in [0.717, 1.165) is 25.2 Å². The van der Waals surface area contributed by atoms with Crippen LogP contribution >= 0.6 is 12.4 Å². The lowest BCUT2D eigenvalue weighted by Gasteiger charge is -2.03. The molecule has 0 radical (unpaired) electrons. The second-order valence-electron chi connectivity index (χ2n) is 4.61. The van der Waals surface area contributed by atoms with Crippen molar-refractivity contribution < 1.29 is 0 Å². The Morgan fingerprint density at radius 1 is 1.05 bits per heavy atom. The van der Waals surface area contributed by atoms with Crippen molar-refractivity contribution in [2.75, 3.05) is 6.54 Å². The number of aromatic amines is 1. The Morgan fingerprint density at radius 3 is 2.75 bits per heavy atom. The highest BCUT2D eigenvalue weighted by molar-refractivity contribution is 5.85. The number of rotatable bonds is 5. The van der Waals surface area contributed by atoms with Gasteiger partial charge >= 0.3 is 0 Å². The summed E-state index contributed by atoms with van der Waals surface area (Å²) in [5.74, 6) is 0. The number of nitrogens with zero attached hydrogens (tertiary/aromatic N) is 1. The van der Waals surface area contributed by atoms with Gasteiger partial charge in [0, 0.05) is 29.8 Å². The molecule has 104 valence electrons. The largest absolute Gasteiger partial charge is 0.361 e. The number of para-hydroxylation sites is 1. The van der Waals surface area contributed by atoms with Crippen molar-refractivity contribution in [1.82, 2.24) is 15.3 Å². The first-order chi connectivity index (χ1) is 9.43. The van der Waals surface area contributed by atoms with Crippen LogP contribution in [0.15, 0.2) is 54.9 Å². The van der Waals surface area contributed by atoms with E-state index in [4.69, 9.17) is 0 Å². The topological polar surface area (TPSA) is 40.7 Å². The lowest BCUT2D eigenvalue weighted by atomic mass is 10.1. The molecule has 3 nitrogen and oxygen atoms in total. The number of halogens is 1. The lowest BCUT2D eigenvalue weighted by Crippen LogP contribution is -2.17. The summed E-state index contributed by atoms with van der Waals surface area (Å²) in [7, 11) is 0. The van der Waals surface area contributed by atoms with Gasteiger partial charge in [-0.05, 0) is 36.7 Å². The van der Waals surface area contributed by atoms with Gasteiger partial charge in [-0.15, -0.1) is 12.4 Å². The third-order valence-electron chi connectivity index (χ3n) is 3.28. The van der Waals surface area contributed by atoms with E-state index in [1.54, 1.807) is 0 Å². The fourth-order valence-electron chi connectivity index (χ4n) is 2.28. The predicted molar refractivity (Wildman–Crippen MR) is 85.2 cm³/mol. The number of nitrogens with one attached hydrogen (secondary N) is 2. The smallest absolute Gasteiger partial charge is 0.0541 e. The van der Waals surface area contributed by atoms with Crippen LogP contribution in [-0.2, 0) is 13.0 Å². The quantitative estimate of drug-likeness (QED) is 0.707. The molecule has 4 heteroatoms. The maximum absolute atomic E-state index is 4.29. The van der Waals surface area contributed by atoms with Crippen molar-refractivity contribution >= 4 is 23.3 Å². The highest BCUT2D eigenvalue weighted by Gasteiger charge is 2.02. The van der Waals surface area contributed by atoms with Crippen LogP contribution in [0, 0.1) is 0 Å². The second-order valence-corrected chi connectivity index (χ2v) is 4.61. The predicted octanol–water partition coefficient (Wildman–Crippen LogP) is 3.32. The molecule has 20 heavy (non-hydrogen) atoms. The summed E-state index contributed by atoms with van der Waals surface area (Å²) in [6.07, 6.45) is 4.96. The van der Waals surface area contributed by atoms with Crippen LogP contribution in [0.1, 0.15) is 11.3 Å². The summed E-state index contributed by atoms with van der Waals surface area (Å²) in [4.78, 5) is 7.60. The SMILES string of the molecule is Cl.c1ccc(CNCCc2c[nH]c3ccccc23)nc1. The number of fused-ring (bicyclic) bond motifs is 1. The minimum absolute atomic E-state index is 0. The van der Waals surface area contributed by atoms with Gasteiger partial charge in [0.2, 0.25) is 0 Å². The molecule has 0 spiro atoms. The highest BCUT2D eigenvalue weighted by atomic mass is 35.5. The van der Waals surface area contributed by atoms with E-state index in [1.807, 2.05) is 24.4 Å². The first-order valence-electron chi connectivity index (χ1n) is 6.59. The molecule has 3 rings (SSSR count). The molecule has 1 aromatic carbocycles. The van der Waals surface area contributed by atoms with Crippen LogP contribution in [-0.4, -0.2) is 16.5 Å². The lowest BCUT2D eigenvalue weighted by molar-refractivity contribution is 0.676. The highest BCUT2D eigenvalue weighted by Crippen LogP contribution is 2.17. The van der Waals surface area contributed by atoms with E-state index in [0.29, 0.717) is 0 Å². The van der Waals surface area contributed by atoms with Gasteiger partial charge in [-0.25, -0.2) is 0 Å². The second kappa shape index (κ2) is 7.08. The Labute approximate surface area is 124 Å². The normalized spacial score (nSPS) is 10.4. The Kier molecular flexibility index (Phi) is 5.16. The fraction of sp³-hybridized carbons (Fsp3) is 0.188. The minimum atomic E-state index is 0. The van der Waals surface area contributed by atoms with E-state index < -0.39 is 0 Å². The molecule has 2 N–H and O–H groups in total.